The van der Waals surface area contributed by atoms with Crippen LogP contribution < -0.4 is 0 Å². The first-order valence-electron chi connectivity index (χ1n) is 9.38. The monoisotopic (exact) mass is 413 g/mol. The van der Waals surface area contributed by atoms with Crippen molar-refractivity contribution in [1.29, 1.82) is 0 Å². The predicted octanol–water partition coefficient (Wildman–Crippen LogP) is 4.59. The van der Waals surface area contributed by atoms with E-state index < -0.39 is 9.84 Å². The Kier molecular flexibility index (Phi) is 5.10. The molecule has 0 amide bonds. The highest BCUT2D eigenvalue weighted by molar-refractivity contribution is 8.00. The SMILES string of the molecule is Cc1cc(C(=O)CSc2ccc3ccccc3c2)c(C)n1[C@@H]1CCS(=O)(=O)C1. The maximum absolute atomic E-state index is 12.9. The number of aryl methyl sites for hydroxylation is 1. The molecule has 0 spiro atoms. The third-order valence-corrected chi connectivity index (χ3v) is 8.19. The number of benzene rings is 2. The Balaban J connectivity index is 1.51. The molecule has 1 aromatic heterocycles. The number of sulfone groups is 1. The number of fused-ring (bicyclic) bond motifs is 1. The summed E-state index contributed by atoms with van der Waals surface area (Å²) in [7, 11) is -2.96. The Morgan fingerprint density at radius 3 is 2.57 bits per heavy atom. The second-order valence-corrected chi connectivity index (χ2v) is 10.7. The van der Waals surface area contributed by atoms with Gasteiger partial charge in [-0.2, -0.15) is 0 Å². The largest absolute Gasteiger partial charge is 0.344 e. The first-order chi connectivity index (χ1) is 13.3. The number of carbonyl (C=O) groups is 1. The van der Waals surface area contributed by atoms with Crippen molar-refractivity contribution in [1.82, 2.24) is 4.57 Å². The van der Waals surface area contributed by atoms with Crippen LogP contribution in [0.1, 0.15) is 34.2 Å². The molecule has 1 fully saturated rings. The van der Waals surface area contributed by atoms with Gasteiger partial charge in [-0.25, -0.2) is 8.42 Å². The molecule has 0 aliphatic carbocycles. The Labute approximate surface area is 169 Å². The fourth-order valence-corrected chi connectivity index (χ4v) is 6.61. The molecule has 0 radical (unpaired) electrons. The summed E-state index contributed by atoms with van der Waals surface area (Å²) in [5.41, 5.74) is 2.54. The average molecular weight is 414 g/mol. The minimum atomic E-state index is -2.96. The molecule has 28 heavy (non-hydrogen) atoms. The molecular formula is C22H23NO3S2. The van der Waals surface area contributed by atoms with E-state index in [0.717, 1.165) is 16.3 Å². The van der Waals surface area contributed by atoms with Crippen molar-refractivity contribution in [2.24, 2.45) is 0 Å². The van der Waals surface area contributed by atoms with Crippen LogP contribution in [0.25, 0.3) is 10.8 Å². The van der Waals surface area contributed by atoms with Gasteiger partial charge in [0.05, 0.1) is 17.3 Å². The van der Waals surface area contributed by atoms with Gasteiger partial charge in [-0.15, -0.1) is 11.8 Å². The number of hydrogen-bond acceptors (Lipinski definition) is 4. The van der Waals surface area contributed by atoms with Crippen molar-refractivity contribution in [2.75, 3.05) is 17.3 Å². The van der Waals surface area contributed by atoms with Crippen LogP contribution in [-0.4, -0.2) is 36.0 Å². The van der Waals surface area contributed by atoms with Crippen LogP contribution in [0, 0.1) is 13.8 Å². The van der Waals surface area contributed by atoms with Crippen LogP contribution in [0.5, 0.6) is 0 Å². The van der Waals surface area contributed by atoms with Gasteiger partial charge < -0.3 is 4.57 Å². The van der Waals surface area contributed by atoms with E-state index in [-0.39, 0.29) is 23.3 Å². The normalized spacial score (nSPS) is 18.6. The molecule has 1 atom stereocenters. The predicted molar refractivity (Wildman–Crippen MR) is 115 cm³/mol. The maximum atomic E-state index is 12.9. The van der Waals surface area contributed by atoms with E-state index in [1.807, 2.05) is 42.7 Å². The van der Waals surface area contributed by atoms with Crippen molar-refractivity contribution in [3.05, 3.63) is 65.5 Å². The van der Waals surface area contributed by atoms with Gasteiger partial charge in [0, 0.05) is 27.9 Å². The van der Waals surface area contributed by atoms with Gasteiger partial charge in [-0.3, -0.25) is 4.79 Å². The highest BCUT2D eigenvalue weighted by Crippen LogP contribution is 2.30. The molecule has 6 heteroatoms. The summed E-state index contributed by atoms with van der Waals surface area (Å²) in [5, 5.41) is 2.36. The molecule has 4 rings (SSSR count). The number of hydrogen-bond donors (Lipinski definition) is 0. The van der Waals surface area contributed by atoms with Gasteiger partial charge in [-0.1, -0.05) is 30.3 Å². The Morgan fingerprint density at radius 2 is 1.86 bits per heavy atom. The highest BCUT2D eigenvalue weighted by atomic mass is 32.2. The third kappa shape index (κ3) is 3.76. The van der Waals surface area contributed by atoms with E-state index in [9.17, 15) is 13.2 Å². The van der Waals surface area contributed by atoms with Gasteiger partial charge in [-0.05, 0) is 49.2 Å². The number of rotatable bonds is 5. The summed E-state index contributed by atoms with van der Waals surface area (Å²) >= 11 is 1.54. The lowest BCUT2D eigenvalue weighted by Crippen LogP contribution is -2.14. The molecule has 0 unspecified atom stereocenters. The number of ketones is 1. The Morgan fingerprint density at radius 1 is 1.11 bits per heavy atom. The molecule has 1 saturated heterocycles. The van der Waals surface area contributed by atoms with E-state index >= 15 is 0 Å². The fourth-order valence-electron chi connectivity index (χ4n) is 4.08. The zero-order valence-corrected chi connectivity index (χ0v) is 17.6. The molecule has 4 nitrogen and oxygen atoms in total. The molecule has 1 aliphatic rings. The molecule has 2 heterocycles. The molecule has 0 N–H and O–H groups in total. The van der Waals surface area contributed by atoms with Crippen LogP contribution in [0.3, 0.4) is 0 Å². The first kappa shape index (κ1) is 19.3. The van der Waals surface area contributed by atoms with E-state index in [1.54, 1.807) is 0 Å². The fraction of sp³-hybridized carbons (Fsp3) is 0.318. The quantitative estimate of drug-likeness (QED) is 0.453. The average Bonchev–Trinajstić information content (AvgIpc) is 3.17. The van der Waals surface area contributed by atoms with Gasteiger partial charge in [0.25, 0.3) is 0 Å². The Bertz CT molecular complexity index is 1160. The maximum Gasteiger partial charge on any atom is 0.174 e. The van der Waals surface area contributed by atoms with Crippen LogP contribution >= 0.6 is 11.8 Å². The summed E-state index contributed by atoms with van der Waals surface area (Å²) in [6.07, 6.45) is 0.623. The summed E-state index contributed by atoms with van der Waals surface area (Å²) in [6, 6.07) is 16.3. The zero-order chi connectivity index (χ0) is 19.9. The lowest BCUT2D eigenvalue weighted by atomic mass is 10.1. The van der Waals surface area contributed by atoms with Crippen molar-refractivity contribution in [3.63, 3.8) is 0 Å². The molecule has 3 aromatic rings. The molecule has 0 saturated carbocycles. The minimum Gasteiger partial charge on any atom is -0.344 e. The van der Waals surface area contributed by atoms with Crippen molar-refractivity contribution >= 4 is 38.2 Å². The number of Topliss-reactive ketones (excluding diaryl/α,β-unsaturated/α-hetero) is 1. The zero-order valence-electron chi connectivity index (χ0n) is 16.0. The smallest absolute Gasteiger partial charge is 0.174 e. The van der Waals surface area contributed by atoms with Crippen molar-refractivity contribution < 1.29 is 13.2 Å². The first-order valence-corrected chi connectivity index (χ1v) is 12.2. The van der Waals surface area contributed by atoms with Crippen molar-refractivity contribution in [3.8, 4) is 0 Å². The minimum absolute atomic E-state index is 0.0558. The van der Waals surface area contributed by atoms with Gasteiger partial charge >= 0.3 is 0 Å². The van der Waals surface area contributed by atoms with Gasteiger partial charge in [0.15, 0.2) is 15.6 Å². The summed E-state index contributed by atoms with van der Waals surface area (Å²) in [4.78, 5) is 13.9. The Hall–Kier alpha value is -2.05. The second-order valence-electron chi connectivity index (χ2n) is 7.43. The molecule has 146 valence electrons. The second kappa shape index (κ2) is 7.41. The molecule has 2 aromatic carbocycles. The van der Waals surface area contributed by atoms with Crippen molar-refractivity contribution in [2.45, 2.75) is 31.2 Å². The number of nitrogens with zero attached hydrogens (tertiary/aromatic N) is 1. The van der Waals surface area contributed by atoms with E-state index in [0.29, 0.717) is 17.7 Å². The van der Waals surface area contributed by atoms with E-state index in [2.05, 4.69) is 24.3 Å². The highest BCUT2D eigenvalue weighted by Gasteiger charge is 2.31. The van der Waals surface area contributed by atoms with E-state index in [1.165, 1.54) is 22.5 Å². The van der Waals surface area contributed by atoms with Gasteiger partial charge in [0.1, 0.15) is 0 Å². The number of aromatic nitrogens is 1. The molecular weight excluding hydrogens is 390 g/mol. The van der Waals surface area contributed by atoms with Gasteiger partial charge in [0.2, 0.25) is 0 Å². The standard InChI is InChI=1S/C22H23NO3S2/c1-15-11-21(16(2)23(15)19-9-10-28(25,26)14-19)22(24)13-27-20-8-7-17-5-3-4-6-18(17)12-20/h3-8,11-12,19H,9-10,13-14H2,1-2H3/t19-/m1/s1. The van der Waals surface area contributed by atoms with E-state index in [4.69, 9.17) is 0 Å². The topological polar surface area (TPSA) is 56.1 Å². The lowest BCUT2D eigenvalue weighted by molar-refractivity contribution is 0.102. The van der Waals surface area contributed by atoms with Crippen LogP contribution in [0.2, 0.25) is 0 Å². The van der Waals surface area contributed by atoms with Crippen LogP contribution in [0.15, 0.2) is 53.4 Å². The third-order valence-electron chi connectivity index (χ3n) is 5.45. The summed E-state index contributed by atoms with van der Waals surface area (Å²) in [6.45, 7) is 3.87. The molecule has 1 aliphatic heterocycles. The van der Waals surface area contributed by atoms with Crippen LogP contribution in [-0.2, 0) is 9.84 Å². The number of thioether (sulfide) groups is 1. The lowest BCUT2D eigenvalue weighted by Gasteiger charge is -2.16. The molecule has 0 bridgehead atoms. The van der Waals surface area contributed by atoms with Crippen LogP contribution in [0.4, 0.5) is 0 Å². The summed E-state index contributed by atoms with van der Waals surface area (Å²) in [5.74, 6) is 0.850. The number of carbonyl (C=O) groups excluding carboxylic acids is 1. The summed E-state index contributed by atoms with van der Waals surface area (Å²) < 4.78 is 25.7.